The second-order valence-electron chi connectivity index (χ2n) is 5.09. The number of halogens is 3. The van der Waals surface area contributed by atoms with Gasteiger partial charge in [-0.15, -0.1) is 13.2 Å². The molecule has 1 saturated heterocycles. The van der Waals surface area contributed by atoms with E-state index in [1.54, 1.807) is 23.9 Å². The first kappa shape index (κ1) is 15.5. The lowest BCUT2D eigenvalue weighted by Gasteiger charge is -2.37. The van der Waals surface area contributed by atoms with Crippen molar-refractivity contribution in [3.05, 3.63) is 29.8 Å². The van der Waals surface area contributed by atoms with Crippen LogP contribution in [-0.4, -0.2) is 28.1 Å². The van der Waals surface area contributed by atoms with Crippen molar-refractivity contribution < 1.29 is 23.0 Å². The summed E-state index contributed by atoms with van der Waals surface area (Å²) in [6.45, 7) is 1.99. The molecule has 0 spiro atoms. The maximum atomic E-state index is 12.1. The lowest BCUT2D eigenvalue weighted by molar-refractivity contribution is -0.274. The molecule has 1 aliphatic heterocycles. The summed E-state index contributed by atoms with van der Waals surface area (Å²) >= 11 is 1.73. The van der Waals surface area contributed by atoms with E-state index in [4.69, 9.17) is 0 Å². The molecule has 2 nitrogen and oxygen atoms in total. The molecule has 1 heterocycles. The molecule has 2 unspecified atom stereocenters. The molecular weight excluding hydrogens is 289 g/mol. The Balaban J connectivity index is 2.03. The van der Waals surface area contributed by atoms with Gasteiger partial charge in [0.1, 0.15) is 5.75 Å². The van der Waals surface area contributed by atoms with Crippen molar-refractivity contribution >= 4 is 11.8 Å². The van der Waals surface area contributed by atoms with E-state index in [0.29, 0.717) is 6.42 Å². The number of ether oxygens (including phenoxy) is 1. The van der Waals surface area contributed by atoms with Crippen molar-refractivity contribution in [1.82, 2.24) is 0 Å². The molecule has 1 fully saturated rings. The SMILES string of the molecule is CC1SCCCC1(O)Cc1ccc(OC(F)(F)F)cc1. The average Bonchev–Trinajstić information content (AvgIpc) is 2.34. The van der Waals surface area contributed by atoms with Crippen LogP contribution < -0.4 is 4.74 Å². The van der Waals surface area contributed by atoms with Gasteiger partial charge >= 0.3 is 6.36 Å². The lowest BCUT2D eigenvalue weighted by Crippen LogP contribution is -2.43. The fourth-order valence-corrected chi connectivity index (χ4v) is 3.57. The van der Waals surface area contributed by atoms with Crippen LogP contribution in [-0.2, 0) is 6.42 Å². The fourth-order valence-electron chi connectivity index (χ4n) is 2.39. The summed E-state index contributed by atoms with van der Waals surface area (Å²) in [6, 6.07) is 5.72. The molecule has 0 amide bonds. The zero-order chi connectivity index (χ0) is 14.8. The molecule has 1 aromatic rings. The summed E-state index contributed by atoms with van der Waals surface area (Å²) < 4.78 is 40.0. The van der Waals surface area contributed by atoms with E-state index in [1.165, 1.54) is 12.1 Å². The van der Waals surface area contributed by atoms with Gasteiger partial charge in [-0.1, -0.05) is 19.1 Å². The molecule has 112 valence electrons. The van der Waals surface area contributed by atoms with Gasteiger partial charge in [0, 0.05) is 11.7 Å². The molecule has 0 aromatic heterocycles. The first-order chi connectivity index (χ1) is 9.28. The Morgan fingerprint density at radius 2 is 2.00 bits per heavy atom. The number of hydrogen-bond acceptors (Lipinski definition) is 3. The van der Waals surface area contributed by atoms with E-state index in [-0.39, 0.29) is 11.0 Å². The van der Waals surface area contributed by atoms with Crippen molar-refractivity contribution in [3.63, 3.8) is 0 Å². The third kappa shape index (κ3) is 4.06. The Labute approximate surface area is 120 Å². The number of rotatable bonds is 3. The van der Waals surface area contributed by atoms with Gasteiger partial charge in [0.05, 0.1) is 5.60 Å². The zero-order valence-corrected chi connectivity index (χ0v) is 11.9. The van der Waals surface area contributed by atoms with Crippen LogP contribution >= 0.6 is 11.8 Å². The number of aliphatic hydroxyl groups is 1. The summed E-state index contributed by atoms with van der Waals surface area (Å²) in [5, 5.41) is 10.7. The van der Waals surface area contributed by atoms with E-state index in [0.717, 1.165) is 24.2 Å². The molecule has 1 aromatic carbocycles. The Bertz CT molecular complexity index is 447. The number of alkyl halides is 3. The molecule has 2 atom stereocenters. The van der Waals surface area contributed by atoms with Gasteiger partial charge in [0.15, 0.2) is 0 Å². The molecule has 20 heavy (non-hydrogen) atoms. The van der Waals surface area contributed by atoms with Gasteiger partial charge in [0.25, 0.3) is 0 Å². The minimum Gasteiger partial charge on any atom is -0.406 e. The second kappa shape index (κ2) is 5.85. The van der Waals surface area contributed by atoms with Crippen LogP contribution in [0.15, 0.2) is 24.3 Å². The van der Waals surface area contributed by atoms with Crippen LogP contribution in [0, 0.1) is 0 Å². The molecule has 6 heteroatoms. The van der Waals surface area contributed by atoms with Crippen molar-refractivity contribution in [2.24, 2.45) is 0 Å². The molecule has 0 saturated carbocycles. The molecule has 1 N–H and O–H groups in total. The van der Waals surface area contributed by atoms with Crippen molar-refractivity contribution in [1.29, 1.82) is 0 Å². The number of benzene rings is 1. The van der Waals surface area contributed by atoms with Crippen molar-refractivity contribution in [2.75, 3.05) is 5.75 Å². The third-order valence-corrected chi connectivity index (χ3v) is 5.01. The zero-order valence-electron chi connectivity index (χ0n) is 11.1. The first-order valence-corrected chi connectivity index (χ1v) is 7.52. The van der Waals surface area contributed by atoms with E-state index in [1.807, 2.05) is 6.92 Å². The normalized spacial score (nSPS) is 27.4. The summed E-state index contributed by atoms with van der Waals surface area (Å²) in [5.41, 5.74) is 0.0337. The fraction of sp³-hybridized carbons (Fsp3) is 0.571. The molecule has 1 aliphatic rings. The summed E-state index contributed by atoms with van der Waals surface area (Å²) in [5.74, 6) is 0.807. The smallest absolute Gasteiger partial charge is 0.406 e. The van der Waals surface area contributed by atoms with Crippen LogP contribution in [0.25, 0.3) is 0 Å². The predicted molar refractivity (Wildman–Crippen MR) is 72.9 cm³/mol. The van der Waals surface area contributed by atoms with E-state index in [2.05, 4.69) is 4.74 Å². The van der Waals surface area contributed by atoms with Crippen LogP contribution in [0.1, 0.15) is 25.3 Å². The van der Waals surface area contributed by atoms with Crippen LogP contribution in [0.5, 0.6) is 5.75 Å². The van der Waals surface area contributed by atoms with Gasteiger partial charge in [-0.2, -0.15) is 11.8 Å². The quantitative estimate of drug-likeness (QED) is 0.921. The maximum Gasteiger partial charge on any atom is 0.573 e. The predicted octanol–water partition coefficient (Wildman–Crippen LogP) is 3.77. The van der Waals surface area contributed by atoms with E-state index in [9.17, 15) is 18.3 Å². The second-order valence-corrected chi connectivity index (χ2v) is 6.54. The molecule has 0 bridgehead atoms. The molecule has 2 rings (SSSR count). The highest BCUT2D eigenvalue weighted by Crippen LogP contribution is 2.36. The average molecular weight is 306 g/mol. The first-order valence-electron chi connectivity index (χ1n) is 6.47. The highest BCUT2D eigenvalue weighted by Gasteiger charge is 2.36. The number of thioether (sulfide) groups is 1. The number of hydrogen-bond donors (Lipinski definition) is 1. The monoisotopic (exact) mass is 306 g/mol. The van der Waals surface area contributed by atoms with Gasteiger partial charge in [-0.3, -0.25) is 0 Å². The molecular formula is C14H17F3O2S. The van der Waals surface area contributed by atoms with E-state index >= 15 is 0 Å². The maximum absolute atomic E-state index is 12.1. The van der Waals surface area contributed by atoms with Gasteiger partial charge < -0.3 is 9.84 Å². The highest BCUT2D eigenvalue weighted by molar-refractivity contribution is 8.00. The van der Waals surface area contributed by atoms with Crippen LogP contribution in [0.3, 0.4) is 0 Å². The van der Waals surface area contributed by atoms with Crippen LogP contribution in [0.2, 0.25) is 0 Å². The minimum atomic E-state index is -4.67. The van der Waals surface area contributed by atoms with Crippen LogP contribution in [0.4, 0.5) is 13.2 Å². The van der Waals surface area contributed by atoms with Crippen molar-refractivity contribution in [2.45, 2.75) is 43.4 Å². The summed E-state index contributed by atoms with van der Waals surface area (Å²) in [6.07, 6.45) is -2.54. The molecule has 0 aliphatic carbocycles. The standard InChI is InChI=1S/C14H17F3O2S/c1-10-13(18,7-2-8-20-10)9-11-3-5-12(6-4-11)19-14(15,16)17/h3-6,10,18H,2,7-9H2,1H3. The van der Waals surface area contributed by atoms with E-state index < -0.39 is 12.0 Å². The summed E-state index contributed by atoms with van der Waals surface area (Å²) in [4.78, 5) is 0. The van der Waals surface area contributed by atoms with Crippen molar-refractivity contribution in [3.8, 4) is 5.75 Å². The van der Waals surface area contributed by atoms with Gasteiger partial charge in [0.2, 0.25) is 0 Å². The van der Waals surface area contributed by atoms with Gasteiger partial charge in [-0.25, -0.2) is 0 Å². The Morgan fingerprint density at radius 3 is 2.55 bits per heavy atom. The Morgan fingerprint density at radius 1 is 1.35 bits per heavy atom. The largest absolute Gasteiger partial charge is 0.573 e. The van der Waals surface area contributed by atoms with Gasteiger partial charge in [-0.05, 0) is 36.3 Å². The third-order valence-electron chi connectivity index (χ3n) is 3.55. The molecule has 0 radical (unpaired) electrons. The topological polar surface area (TPSA) is 29.5 Å². The highest BCUT2D eigenvalue weighted by atomic mass is 32.2. The minimum absolute atomic E-state index is 0.127. The lowest BCUT2D eigenvalue weighted by atomic mass is 9.87. The summed E-state index contributed by atoms with van der Waals surface area (Å²) in [7, 11) is 0. The Hall–Kier alpha value is -0.880. The Kier molecular flexibility index (Phi) is 4.54.